The van der Waals surface area contributed by atoms with Crippen molar-refractivity contribution in [2.24, 2.45) is 0 Å². The Hall–Kier alpha value is -0.870. The van der Waals surface area contributed by atoms with Crippen molar-refractivity contribution in [1.29, 1.82) is 5.26 Å². The van der Waals surface area contributed by atoms with Gasteiger partial charge in [-0.1, -0.05) is 17.7 Å². The molecule has 3 nitrogen and oxygen atoms in total. The third-order valence-electron chi connectivity index (χ3n) is 1.71. The van der Waals surface area contributed by atoms with Gasteiger partial charge in [-0.2, -0.15) is 5.26 Å². The molecule has 0 fully saturated rings. The van der Waals surface area contributed by atoms with E-state index in [1.54, 1.807) is 40.8 Å². The maximum Gasteiger partial charge on any atom is 0.201 e. The Labute approximate surface area is 102 Å². The van der Waals surface area contributed by atoms with Crippen LogP contribution in [-0.4, -0.2) is 8.42 Å². The van der Waals surface area contributed by atoms with Crippen molar-refractivity contribution >= 4 is 32.4 Å². The van der Waals surface area contributed by atoms with Crippen molar-refractivity contribution in [1.82, 2.24) is 0 Å². The first-order valence-corrected chi connectivity index (χ1v) is 6.67. The van der Waals surface area contributed by atoms with Crippen LogP contribution >= 0.6 is 22.6 Å². The lowest BCUT2D eigenvalue weighted by atomic mass is 10.2. The summed E-state index contributed by atoms with van der Waals surface area (Å²) in [5.41, 5.74) is 0.993. The molecule has 0 unspecified atom stereocenters. The van der Waals surface area contributed by atoms with Gasteiger partial charge in [0.05, 0.1) is 10.3 Å². The van der Waals surface area contributed by atoms with Crippen LogP contribution in [0, 0.1) is 18.3 Å². The van der Waals surface area contributed by atoms with Gasteiger partial charge in [0.15, 0.2) is 0 Å². The quantitative estimate of drug-likeness (QED) is 0.617. The molecule has 1 rings (SSSR count). The van der Waals surface area contributed by atoms with E-state index in [1.807, 2.05) is 6.92 Å². The Kier molecular flexibility index (Phi) is 3.88. The molecule has 15 heavy (non-hydrogen) atoms. The summed E-state index contributed by atoms with van der Waals surface area (Å²) in [7, 11) is -3.48. The molecule has 0 N–H and O–H groups in total. The van der Waals surface area contributed by atoms with E-state index in [2.05, 4.69) is 0 Å². The van der Waals surface area contributed by atoms with Gasteiger partial charge in [-0.05, 0) is 41.6 Å². The number of sulfone groups is 1. The lowest BCUT2D eigenvalue weighted by molar-refractivity contribution is 0.604. The van der Waals surface area contributed by atoms with E-state index in [9.17, 15) is 8.42 Å². The number of nitriles is 1. The van der Waals surface area contributed by atoms with Gasteiger partial charge in [0.25, 0.3) is 0 Å². The van der Waals surface area contributed by atoms with E-state index in [0.29, 0.717) is 0 Å². The molecule has 78 valence electrons. The molecular weight excluding hydrogens is 325 g/mol. The molecule has 0 saturated heterocycles. The van der Waals surface area contributed by atoms with Crippen LogP contribution in [-0.2, 0) is 9.84 Å². The summed E-state index contributed by atoms with van der Waals surface area (Å²) in [6, 6.07) is 8.28. The SMILES string of the molecule is Cc1ccc(S(=O)(=O)/C=C(/I)C#N)cc1. The van der Waals surface area contributed by atoms with Crippen LogP contribution in [0.4, 0.5) is 0 Å². The fraction of sp³-hybridized carbons (Fsp3) is 0.100. The first-order valence-electron chi connectivity index (χ1n) is 4.05. The largest absolute Gasteiger partial charge is 0.219 e. The van der Waals surface area contributed by atoms with Gasteiger partial charge in [-0.25, -0.2) is 8.42 Å². The summed E-state index contributed by atoms with van der Waals surface area (Å²) in [5.74, 6) is 0. The third kappa shape index (κ3) is 3.32. The molecule has 5 heteroatoms. The Morgan fingerprint density at radius 3 is 2.40 bits per heavy atom. The summed E-state index contributed by atoms with van der Waals surface area (Å²) < 4.78 is 23.5. The van der Waals surface area contributed by atoms with Crippen LogP contribution in [0.2, 0.25) is 0 Å². The van der Waals surface area contributed by atoms with Gasteiger partial charge in [-0.3, -0.25) is 0 Å². The van der Waals surface area contributed by atoms with Crippen molar-refractivity contribution in [3.8, 4) is 6.07 Å². The monoisotopic (exact) mass is 333 g/mol. The second kappa shape index (κ2) is 4.77. The number of halogens is 1. The van der Waals surface area contributed by atoms with Crippen LogP contribution in [0.5, 0.6) is 0 Å². The number of rotatable bonds is 2. The van der Waals surface area contributed by atoms with Crippen LogP contribution in [0.15, 0.2) is 38.1 Å². The lowest BCUT2D eigenvalue weighted by Crippen LogP contribution is -1.96. The molecule has 0 aliphatic heterocycles. The maximum absolute atomic E-state index is 11.7. The van der Waals surface area contributed by atoms with Crippen molar-refractivity contribution < 1.29 is 8.42 Å². The molecule has 0 atom stereocenters. The van der Waals surface area contributed by atoms with Gasteiger partial charge in [-0.15, -0.1) is 0 Å². The van der Waals surface area contributed by atoms with Crippen LogP contribution in [0.1, 0.15) is 5.56 Å². The van der Waals surface area contributed by atoms with E-state index in [4.69, 9.17) is 5.26 Å². The summed E-state index contributed by atoms with van der Waals surface area (Å²) in [6.45, 7) is 1.88. The molecule has 0 spiro atoms. The van der Waals surface area contributed by atoms with Crippen LogP contribution in [0.3, 0.4) is 0 Å². The van der Waals surface area contributed by atoms with E-state index in [0.717, 1.165) is 11.0 Å². The predicted molar refractivity (Wildman–Crippen MR) is 66.1 cm³/mol. The number of nitrogens with zero attached hydrogens (tertiary/aromatic N) is 1. The normalized spacial score (nSPS) is 12.2. The molecule has 0 saturated carbocycles. The summed E-state index contributed by atoms with van der Waals surface area (Å²) in [4.78, 5) is 0.206. The first-order chi connectivity index (χ1) is 6.95. The topological polar surface area (TPSA) is 57.9 Å². The fourth-order valence-corrected chi connectivity index (χ4v) is 2.94. The predicted octanol–water partition coefficient (Wildman–Crippen LogP) is 2.57. The third-order valence-corrected chi connectivity index (χ3v) is 4.17. The van der Waals surface area contributed by atoms with E-state index in [1.165, 1.54) is 12.1 Å². The fourth-order valence-electron chi connectivity index (χ4n) is 0.959. The zero-order chi connectivity index (χ0) is 11.5. The Morgan fingerprint density at radius 1 is 1.40 bits per heavy atom. The minimum absolute atomic E-state index is 0.146. The van der Waals surface area contributed by atoms with E-state index >= 15 is 0 Å². The molecular formula is C10H8INO2S. The molecule has 0 aliphatic rings. The Balaban J connectivity index is 3.20. The van der Waals surface area contributed by atoms with Gasteiger partial charge in [0, 0.05) is 0 Å². The van der Waals surface area contributed by atoms with E-state index < -0.39 is 9.84 Å². The van der Waals surface area contributed by atoms with Gasteiger partial charge in [0.2, 0.25) is 9.84 Å². The summed E-state index contributed by atoms with van der Waals surface area (Å²) in [6.07, 6.45) is 0. The van der Waals surface area contributed by atoms with Gasteiger partial charge < -0.3 is 0 Å². The van der Waals surface area contributed by atoms with Crippen molar-refractivity contribution in [3.05, 3.63) is 38.8 Å². The average Bonchev–Trinajstić information content (AvgIpc) is 2.17. The second-order valence-corrected chi connectivity index (χ2v) is 5.89. The summed E-state index contributed by atoms with van der Waals surface area (Å²) >= 11 is 1.69. The minimum Gasteiger partial charge on any atom is -0.219 e. The first kappa shape index (κ1) is 12.2. The smallest absolute Gasteiger partial charge is 0.201 e. The molecule has 0 bridgehead atoms. The second-order valence-electron chi connectivity index (χ2n) is 2.94. The highest BCUT2D eigenvalue weighted by atomic mass is 127. The number of hydrogen-bond donors (Lipinski definition) is 0. The van der Waals surface area contributed by atoms with Crippen molar-refractivity contribution in [2.75, 3.05) is 0 Å². The van der Waals surface area contributed by atoms with Gasteiger partial charge >= 0.3 is 0 Å². The zero-order valence-corrected chi connectivity index (χ0v) is 10.9. The van der Waals surface area contributed by atoms with Crippen LogP contribution in [0.25, 0.3) is 0 Å². The van der Waals surface area contributed by atoms with Crippen molar-refractivity contribution in [2.45, 2.75) is 11.8 Å². The number of hydrogen-bond acceptors (Lipinski definition) is 3. The molecule has 0 aromatic heterocycles. The molecule has 0 radical (unpaired) electrons. The van der Waals surface area contributed by atoms with Crippen molar-refractivity contribution in [3.63, 3.8) is 0 Å². The lowest BCUT2D eigenvalue weighted by Gasteiger charge is -1.99. The number of benzene rings is 1. The van der Waals surface area contributed by atoms with Crippen LogP contribution < -0.4 is 0 Å². The highest BCUT2D eigenvalue weighted by Crippen LogP contribution is 2.16. The molecule has 1 aromatic rings. The number of allylic oxidation sites excluding steroid dienone is 1. The Bertz CT molecular complexity index is 524. The standard InChI is InChI=1S/C10H8INO2S/c1-8-2-4-10(5-3-8)15(13,14)7-9(11)6-12/h2-5,7H,1H3/b9-7+. The zero-order valence-electron chi connectivity index (χ0n) is 7.94. The summed E-state index contributed by atoms with van der Waals surface area (Å²) in [5, 5.41) is 9.47. The van der Waals surface area contributed by atoms with Gasteiger partial charge in [0.1, 0.15) is 9.65 Å². The Morgan fingerprint density at radius 2 is 1.93 bits per heavy atom. The molecule has 0 heterocycles. The minimum atomic E-state index is -3.48. The highest BCUT2D eigenvalue weighted by molar-refractivity contribution is 14.1. The maximum atomic E-state index is 11.7. The molecule has 1 aromatic carbocycles. The highest BCUT2D eigenvalue weighted by Gasteiger charge is 2.11. The molecule has 0 aliphatic carbocycles. The van der Waals surface area contributed by atoms with E-state index in [-0.39, 0.29) is 8.48 Å². The molecule has 0 amide bonds. The number of aryl methyl sites for hydroxylation is 1. The average molecular weight is 333 g/mol.